The number of carbonyl (C=O) groups is 2. The summed E-state index contributed by atoms with van der Waals surface area (Å²) in [6, 6.07) is 15.2. The maximum Gasteiger partial charge on any atom is 0.262 e. The molecule has 0 aliphatic carbocycles. The molecule has 2 aliphatic heterocycles. The largest absolute Gasteiger partial charge is 0.497 e. The number of benzene rings is 2. The Morgan fingerprint density at radius 2 is 1.84 bits per heavy atom. The van der Waals surface area contributed by atoms with Crippen molar-refractivity contribution in [3.05, 3.63) is 59.7 Å². The third-order valence-electron chi connectivity index (χ3n) is 6.84. The molecule has 2 amide bonds. The number of rotatable bonds is 10. The van der Waals surface area contributed by atoms with E-state index in [0.717, 1.165) is 29.9 Å². The van der Waals surface area contributed by atoms with E-state index in [4.69, 9.17) is 19.3 Å². The molecule has 0 bridgehead atoms. The Labute approximate surface area is 218 Å². The highest BCUT2D eigenvalue weighted by molar-refractivity contribution is 6.05. The second-order valence-corrected chi connectivity index (χ2v) is 9.10. The molecular weight excluding hydrogens is 472 g/mol. The second kappa shape index (κ2) is 12.7. The number of hydrogen-bond donors (Lipinski definition) is 0. The number of ether oxygens (including phenoxy) is 3. The molecule has 4 rings (SSSR count). The normalized spacial score (nSPS) is 17.9. The fraction of sp³-hybridized carbons (Fsp3) is 0.464. The minimum atomic E-state index is -0.270. The van der Waals surface area contributed by atoms with Crippen molar-refractivity contribution in [3.8, 4) is 11.5 Å². The van der Waals surface area contributed by atoms with Gasteiger partial charge in [-0.3, -0.25) is 14.5 Å². The van der Waals surface area contributed by atoms with E-state index in [0.29, 0.717) is 50.6 Å². The summed E-state index contributed by atoms with van der Waals surface area (Å²) >= 11 is 0. The van der Waals surface area contributed by atoms with E-state index in [9.17, 15) is 9.59 Å². The zero-order valence-electron chi connectivity index (χ0n) is 21.9. The average molecular weight is 509 g/mol. The number of carbonyl (C=O) groups excluding carboxylic acids is 2. The molecule has 9 nitrogen and oxygen atoms in total. The summed E-state index contributed by atoms with van der Waals surface area (Å²) in [5.74, 6) is 1.06. The summed E-state index contributed by atoms with van der Waals surface area (Å²) < 4.78 is 16.4. The Morgan fingerprint density at radius 1 is 1.08 bits per heavy atom. The van der Waals surface area contributed by atoms with Gasteiger partial charge in [0.15, 0.2) is 0 Å². The van der Waals surface area contributed by atoms with Gasteiger partial charge in [0.05, 0.1) is 39.2 Å². The Hall–Kier alpha value is -3.43. The molecule has 0 unspecified atom stereocenters. The molecule has 2 aromatic carbocycles. The molecule has 37 heavy (non-hydrogen) atoms. The predicted molar refractivity (Wildman–Crippen MR) is 141 cm³/mol. The van der Waals surface area contributed by atoms with Crippen LogP contribution in [0.4, 0.5) is 0 Å². The van der Waals surface area contributed by atoms with Gasteiger partial charge < -0.3 is 19.1 Å². The monoisotopic (exact) mass is 508 g/mol. The summed E-state index contributed by atoms with van der Waals surface area (Å²) in [5.41, 5.74) is 2.56. The Balaban J connectivity index is 1.57. The van der Waals surface area contributed by atoms with Gasteiger partial charge in [0, 0.05) is 50.7 Å². The minimum Gasteiger partial charge on any atom is -0.497 e. The first-order valence-corrected chi connectivity index (χ1v) is 12.8. The third-order valence-corrected chi connectivity index (χ3v) is 6.84. The van der Waals surface area contributed by atoms with Gasteiger partial charge in [0.2, 0.25) is 5.91 Å². The van der Waals surface area contributed by atoms with E-state index in [1.807, 2.05) is 55.5 Å². The van der Waals surface area contributed by atoms with Crippen LogP contribution in [0.2, 0.25) is 0 Å². The molecule has 2 heterocycles. The summed E-state index contributed by atoms with van der Waals surface area (Å²) in [7, 11) is 3.21. The van der Waals surface area contributed by atoms with Gasteiger partial charge in [0.25, 0.3) is 5.91 Å². The van der Waals surface area contributed by atoms with Crippen molar-refractivity contribution in [3.63, 3.8) is 0 Å². The molecule has 0 saturated carbocycles. The van der Waals surface area contributed by atoms with Crippen LogP contribution in [-0.4, -0.2) is 92.5 Å². The third kappa shape index (κ3) is 6.47. The predicted octanol–water partition coefficient (Wildman–Crippen LogP) is 2.95. The van der Waals surface area contributed by atoms with Crippen LogP contribution >= 0.6 is 0 Å². The highest BCUT2D eigenvalue weighted by Gasteiger charge is 2.35. The first-order chi connectivity index (χ1) is 18.0. The van der Waals surface area contributed by atoms with Crippen molar-refractivity contribution in [2.75, 3.05) is 60.2 Å². The van der Waals surface area contributed by atoms with Gasteiger partial charge in [-0.1, -0.05) is 37.3 Å². The molecule has 0 radical (unpaired) electrons. The number of hydrazone groups is 1. The van der Waals surface area contributed by atoms with E-state index in [2.05, 4.69) is 4.90 Å². The Bertz CT molecular complexity index is 1100. The molecule has 9 heteroatoms. The lowest BCUT2D eigenvalue weighted by atomic mass is 9.98. The van der Waals surface area contributed by atoms with Gasteiger partial charge >= 0.3 is 0 Å². The van der Waals surface area contributed by atoms with E-state index >= 15 is 0 Å². The van der Waals surface area contributed by atoms with Crippen molar-refractivity contribution in [1.82, 2.24) is 14.8 Å². The van der Waals surface area contributed by atoms with E-state index in [1.54, 1.807) is 24.1 Å². The topological polar surface area (TPSA) is 83.9 Å². The highest BCUT2D eigenvalue weighted by Crippen LogP contribution is 2.36. The smallest absolute Gasteiger partial charge is 0.262 e. The van der Waals surface area contributed by atoms with Crippen LogP contribution in [0, 0.1) is 0 Å². The summed E-state index contributed by atoms with van der Waals surface area (Å²) in [5, 5.41) is 6.32. The van der Waals surface area contributed by atoms with Crippen LogP contribution in [0.15, 0.2) is 53.6 Å². The van der Waals surface area contributed by atoms with Crippen LogP contribution in [0.5, 0.6) is 11.5 Å². The molecule has 198 valence electrons. The van der Waals surface area contributed by atoms with Crippen LogP contribution in [0.1, 0.15) is 36.9 Å². The summed E-state index contributed by atoms with van der Waals surface area (Å²) in [4.78, 5) is 30.4. The van der Waals surface area contributed by atoms with Crippen LogP contribution < -0.4 is 9.47 Å². The van der Waals surface area contributed by atoms with Gasteiger partial charge in [0.1, 0.15) is 18.0 Å². The number of hydrogen-bond acceptors (Lipinski definition) is 7. The molecule has 2 aliphatic rings. The highest BCUT2D eigenvalue weighted by atomic mass is 16.5. The van der Waals surface area contributed by atoms with E-state index in [1.165, 1.54) is 0 Å². The van der Waals surface area contributed by atoms with E-state index in [-0.39, 0.29) is 24.4 Å². The number of morpholine rings is 1. The summed E-state index contributed by atoms with van der Waals surface area (Å²) in [6.07, 6.45) is 0.879. The maximum absolute atomic E-state index is 13.7. The number of methoxy groups -OCH3 is 2. The van der Waals surface area contributed by atoms with Crippen LogP contribution in [-0.2, 0) is 14.3 Å². The van der Waals surface area contributed by atoms with Gasteiger partial charge in [-0.05, 0) is 17.7 Å². The number of amides is 2. The quantitative estimate of drug-likeness (QED) is 0.491. The second-order valence-electron chi connectivity index (χ2n) is 9.10. The standard InChI is InChI=1S/C28H36N4O5/c1-4-27(33)31(13-12-30-14-16-37-17-15-30)20-28(34)32-25(21-8-6-5-7-9-21)19-24(29-32)23-11-10-22(35-2)18-26(23)36-3/h5-11,18,25H,4,12-17,19-20H2,1-3H3/t25-/m1/s1. The van der Waals surface area contributed by atoms with E-state index < -0.39 is 0 Å². The first kappa shape index (κ1) is 26.6. The Morgan fingerprint density at radius 3 is 2.51 bits per heavy atom. The van der Waals surface area contributed by atoms with Crippen LogP contribution in [0.25, 0.3) is 0 Å². The molecule has 1 atom stereocenters. The summed E-state index contributed by atoms with van der Waals surface area (Å²) in [6.45, 7) is 6.07. The van der Waals surface area contributed by atoms with Gasteiger partial charge in [-0.15, -0.1) is 0 Å². The molecule has 0 spiro atoms. The molecule has 1 saturated heterocycles. The fourth-order valence-corrected chi connectivity index (χ4v) is 4.71. The molecule has 2 aromatic rings. The zero-order valence-corrected chi connectivity index (χ0v) is 21.9. The average Bonchev–Trinajstić information content (AvgIpc) is 3.41. The maximum atomic E-state index is 13.7. The van der Waals surface area contributed by atoms with Crippen molar-refractivity contribution >= 4 is 17.5 Å². The molecule has 1 fully saturated rings. The van der Waals surface area contributed by atoms with Crippen molar-refractivity contribution in [2.45, 2.75) is 25.8 Å². The van der Waals surface area contributed by atoms with Gasteiger partial charge in [-0.2, -0.15) is 5.10 Å². The Kier molecular flexibility index (Phi) is 9.14. The lowest BCUT2D eigenvalue weighted by Crippen LogP contribution is -2.46. The van der Waals surface area contributed by atoms with Crippen molar-refractivity contribution < 1.29 is 23.8 Å². The molecule has 0 N–H and O–H groups in total. The SMILES string of the molecule is CCC(=O)N(CCN1CCOCC1)CC(=O)N1N=C(c2ccc(OC)cc2OC)C[C@@H]1c1ccccc1. The molecular formula is C28H36N4O5. The zero-order chi connectivity index (χ0) is 26.2. The molecule has 0 aromatic heterocycles. The first-order valence-electron chi connectivity index (χ1n) is 12.8. The fourth-order valence-electron chi connectivity index (χ4n) is 4.71. The van der Waals surface area contributed by atoms with Gasteiger partial charge in [-0.25, -0.2) is 5.01 Å². The minimum absolute atomic E-state index is 0.0170. The lowest BCUT2D eigenvalue weighted by molar-refractivity contribution is -0.141. The lowest BCUT2D eigenvalue weighted by Gasteiger charge is -2.31. The van der Waals surface area contributed by atoms with Crippen LogP contribution in [0.3, 0.4) is 0 Å². The number of nitrogens with zero attached hydrogens (tertiary/aromatic N) is 4. The van der Waals surface area contributed by atoms with Crippen molar-refractivity contribution in [2.24, 2.45) is 5.10 Å². The van der Waals surface area contributed by atoms with Crippen molar-refractivity contribution in [1.29, 1.82) is 0 Å².